The SMILES string of the molecule is Cc1nn(C)c(C)c1S(=O)(=O)N1CCN(C(=O)C2CC(=O)N(c3cccc(Cl)c3)C2)CC1. The predicted octanol–water partition coefficient (Wildman–Crippen LogP) is 1.58. The Morgan fingerprint density at radius 2 is 1.84 bits per heavy atom. The van der Waals surface area contributed by atoms with Crippen LogP contribution in [-0.4, -0.2) is 71.9 Å². The first-order valence-corrected chi connectivity index (χ1v) is 12.3. The molecule has 2 saturated heterocycles. The minimum atomic E-state index is -3.69. The molecule has 172 valence electrons. The topological polar surface area (TPSA) is 95.8 Å². The van der Waals surface area contributed by atoms with E-state index in [9.17, 15) is 18.0 Å². The summed E-state index contributed by atoms with van der Waals surface area (Å²) in [4.78, 5) is 29.1. The van der Waals surface area contributed by atoms with Crippen molar-refractivity contribution >= 4 is 39.1 Å². The summed E-state index contributed by atoms with van der Waals surface area (Å²) < 4.78 is 29.3. The van der Waals surface area contributed by atoms with Gasteiger partial charge in [-0.3, -0.25) is 14.3 Å². The first-order valence-electron chi connectivity index (χ1n) is 10.4. The van der Waals surface area contributed by atoms with Gasteiger partial charge >= 0.3 is 0 Å². The summed E-state index contributed by atoms with van der Waals surface area (Å²) in [6.45, 7) is 4.71. The summed E-state index contributed by atoms with van der Waals surface area (Å²) in [6, 6.07) is 7.00. The van der Waals surface area contributed by atoms with Crippen molar-refractivity contribution in [3.63, 3.8) is 0 Å². The van der Waals surface area contributed by atoms with Crippen molar-refractivity contribution in [1.82, 2.24) is 19.0 Å². The Hall–Kier alpha value is -2.43. The molecule has 2 amide bonds. The molecule has 2 aliphatic heterocycles. The van der Waals surface area contributed by atoms with E-state index < -0.39 is 15.9 Å². The highest BCUT2D eigenvalue weighted by Crippen LogP contribution is 2.29. The van der Waals surface area contributed by atoms with Crippen LogP contribution in [0, 0.1) is 19.8 Å². The number of aromatic nitrogens is 2. The van der Waals surface area contributed by atoms with Crippen LogP contribution in [0.2, 0.25) is 5.02 Å². The van der Waals surface area contributed by atoms with E-state index in [-0.39, 0.29) is 49.3 Å². The van der Waals surface area contributed by atoms with Crippen molar-refractivity contribution in [2.45, 2.75) is 25.2 Å². The maximum Gasteiger partial charge on any atom is 0.246 e. The van der Waals surface area contributed by atoms with Gasteiger partial charge in [0.25, 0.3) is 0 Å². The number of amides is 2. The van der Waals surface area contributed by atoms with Crippen LogP contribution in [0.4, 0.5) is 5.69 Å². The smallest absolute Gasteiger partial charge is 0.246 e. The molecule has 0 aliphatic carbocycles. The number of piperazine rings is 1. The molecule has 9 nitrogen and oxygen atoms in total. The molecule has 1 atom stereocenters. The van der Waals surface area contributed by atoms with Crippen molar-refractivity contribution in [1.29, 1.82) is 0 Å². The second-order valence-electron chi connectivity index (χ2n) is 8.24. The molecule has 0 bridgehead atoms. The highest BCUT2D eigenvalue weighted by Gasteiger charge is 2.39. The van der Waals surface area contributed by atoms with Crippen molar-refractivity contribution < 1.29 is 18.0 Å². The summed E-state index contributed by atoms with van der Waals surface area (Å²) >= 11 is 6.04. The van der Waals surface area contributed by atoms with E-state index in [1.54, 1.807) is 59.6 Å². The van der Waals surface area contributed by atoms with E-state index >= 15 is 0 Å². The first-order chi connectivity index (χ1) is 15.1. The van der Waals surface area contributed by atoms with Gasteiger partial charge in [0.2, 0.25) is 21.8 Å². The minimum Gasteiger partial charge on any atom is -0.340 e. The average Bonchev–Trinajstić information content (AvgIpc) is 3.26. The zero-order valence-corrected chi connectivity index (χ0v) is 19.9. The van der Waals surface area contributed by atoms with Gasteiger partial charge in [-0.2, -0.15) is 9.40 Å². The van der Waals surface area contributed by atoms with Crippen LogP contribution in [-0.2, 0) is 26.7 Å². The van der Waals surface area contributed by atoms with Crippen molar-refractivity contribution in [3.05, 3.63) is 40.7 Å². The average molecular weight is 480 g/mol. The highest BCUT2D eigenvalue weighted by molar-refractivity contribution is 7.89. The van der Waals surface area contributed by atoms with Gasteiger partial charge < -0.3 is 9.80 Å². The van der Waals surface area contributed by atoms with Crippen molar-refractivity contribution in [3.8, 4) is 0 Å². The van der Waals surface area contributed by atoms with E-state index in [0.29, 0.717) is 28.6 Å². The molecule has 0 radical (unpaired) electrons. The number of nitrogens with zero attached hydrogens (tertiary/aromatic N) is 5. The number of benzene rings is 1. The predicted molar refractivity (Wildman–Crippen MR) is 120 cm³/mol. The number of halogens is 1. The maximum atomic E-state index is 13.2. The third kappa shape index (κ3) is 4.02. The Balaban J connectivity index is 1.41. The number of rotatable bonds is 4. The van der Waals surface area contributed by atoms with Crippen LogP contribution in [0.1, 0.15) is 17.8 Å². The molecule has 32 heavy (non-hydrogen) atoms. The zero-order valence-electron chi connectivity index (χ0n) is 18.3. The Labute approximate surface area is 192 Å². The van der Waals surface area contributed by atoms with E-state index in [2.05, 4.69) is 5.10 Å². The molecule has 11 heteroatoms. The molecule has 2 aromatic rings. The summed E-state index contributed by atoms with van der Waals surface area (Å²) in [5, 5.41) is 4.74. The van der Waals surface area contributed by atoms with Gasteiger partial charge in [0.1, 0.15) is 4.90 Å². The zero-order chi connectivity index (χ0) is 23.2. The molecule has 1 aromatic carbocycles. The normalized spacial score (nSPS) is 20.2. The van der Waals surface area contributed by atoms with Crippen molar-refractivity contribution in [2.75, 3.05) is 37.6 Å². The maximum absolute atomic E-state index is 13.2. The van der Waals surface area contributed by atoms with E-state index in [1.165, 1.54) is 4.31 Å². The largest absolute Gasteiger partial charge is 0.340 e. The number of sulfonamides is 1. The number of carbonyl (C=O) groups excluding carboxylic acids is 2. The lowest BCUT2D eigenvalue weighted by atomic mass is 10.1. The third-order valence-corrected chi connectivity index (χ3v) is 8.57. The molecule has 0 saturated carbocycles. The summed E-state index contributed by atoms with van der Waals surface area (Å²) in [5.41, 5.74) is 1.73. The third-order valence-electron chi connectivity index (χ3n) is 6.18. The molecule has 1 unspecified atom stereocenters. The molecule has 0 N–H and O–H groups in total. The molecule has 4 rings (SSSR count). The number of carbonyl (C=O) groups is 2. The fraction of sp³-hybridized carbons (Fsp3) is 0.476. The number of hydrogen-bond acceptors (Lipinski definition) is 5. The fourth-order valence-electron chi connectivity index (χ4n) is 4.43. The van der Waals surface area contributed by atoms with Crippen LogP contribution >= 0.6 is 11.6 Å². The van der Waals surface area contributed by atoms with Gasteiger partial charge in [-0.1, -0.05) is 17.7 Å². The molecule has 1 aromatic heterocycles. The van der Waals surface area contributed by atoms with E-state index in [4.69, 9.17) is 11.6 Å². The van der Waals surface area contributed by atoms with Gasteiger partial charge in [0.15, 0.2) is 0 Å². The van der Waals surface area contributed by atoms with Crippen molar-refractivity contribution in [2.24, 2.45) is 13.0 Å². The van der Waals surface area contributed by atoms with Gasteiger partial charge in [-0.15, -0.1) is 0 Å². The lowest BCUT2D eigenvalue weighted by molar-refractivity contribution is -0.136. The molecule has 0 spiro atoms. The van der Waals surface area contributed by atoms with E-state index in [1.807, 2.05) is 0 Å². The lowest BCUT2D eigenvalue weighted by Gasteiger charge is -2.35. The van der Waals surface area contributed by atoms with Crippen LogP contribution in [0.15, 0.2) is 29.2 Å². The van der Waals surface area contributed by atoms with E-state index in [0.717, 1.165) is 0 Å². The van der Waals surface area contributed by atoms with Crippen LogP contribution in [0.5, 0.6) is 0 Å². The summed E-state index contributed by atoms with van der Waals surface area (Å²) in [6.07, 6.45) is 0.137. The Morgan fingerprint density at radius 3 is 2.44 bits per heavy atom. The van der Waals surface area contributed by atoms with Gasteiger partial charge in [0.05, 0.1) is 17.3 Å². The van der Waals surface area contributed by atoms with Crippen LogP contribution in [0.25, 0.3) is 0 Å². The second kappa shape index (κ2) is 8.49. The number of aryl methyl sites for hydroxylation is 2. The van der Waals surface area contributed by atoms with Gasteiger partial charge in [-0.25, -0.2) is 8.42 Å². The summed E-state index contributed by atoms with van der Waals surface area (Å²) in [7, 11) is -1.98. The van der Waals surface area contributed by atoms with Crippen LogP contribution in [0.3, 0.4) is 0 Å². The molecular formula is C21H26ClN5O4S. The Bertz CT molecular complexity index is 1170. The summed E-state index contributed by atoms with van der Waals surface area (Å²) in [5.74, 6) is -0.685. The fourth-order valence-corrected chi connectivity index (χ4v) is 6.44. The van der Waals surface area contributed by atoms with Crippen LogP contribution < -0.4 is 4.90 Å². The molecule has 2 fully saturated rings. The van der Waals surface area contributed by atoms with Gasteiger partial charge in [-0.05, 0) is 32.0 Å². The quantitative estimate of drug-likeness (QED) is 0.663. The number of anilines is 1. The van der Waals surface area contributed by atoms with Gasteiger partial charge in [0, 0.05) is 56.9 Å². The first kappa shape index (κ1) is 22.8. The standard InChI is InChI=1S/C21H26ClN5O4S/c1-14-20(15(2)24(3)23-14)32(30,31)26-9-7-25(8-10-26)21(29)16-11-19(28)27(13-16)18-6-4-5-17(22)12-18/h4-6,12,16H,7-11,13H2,1-3H3. The lowest BCUT2D eigenvalue weighted by Crippen LogP contribution is -2.52. The molecule has 2 aliphatic rings. The monoisotopic (exact) mass is 479 g/mol. The number of hydrogen-bond donors (Lipinski definition) is 0. The molecule has 3 heterocycles. The second-order valence-corrected chi connectivity index (χ2v) is 10.5. The Morgan fingerprint density at radius 1 is 1.16 bits per heavy atom. The Kier molecular flexibility index (Phi) is 6.04. The molecular weight excluding hydrogens is 454 g/mol. The minimum absolute atomic E-state index is 0.116. The highest BCUT2D eigenvalue weighted by atomic mass is 35.5.